The fraction of sp³-hybridized carbons (Fsp3) is 0.417. The molecule has 0 saturated heterocycles. The Morgan fingerprint density at radius 2 is 2.47 bits per heavy atom. The molecule has 2 rings (SSSR count). The molecule has 0 radical (unpaired) electrons. The van der Waals surface area contributed by atoms with E-state index < -0.39 is 0 Å². The maximum absolute atomic E-state index is 11.2. The molecule has 0 aliphatic rings. The van der Waals surface area contributed by atoms with Crippen LogP contribution in [0.3, 0.4) is 0 Å². The quantitative estimate of drug-likeness (QED) is 0.784. The van der Waals surface area contributed by atoms with Crippen molar-refractivity contribution in [1.82, 2.24) is 10.1 Å². The van der Waals surface area contributed by atoms with Gasteiger partial charge >= 0.3 is 5.97 Å². The van der Waals surface area contributed by atoms with Gasteiger partial charge in [0.2, 0.25) is 0 Å². The molecule has 6 nitrogen and oxygen atoms in total. The van der Waals surface area contributed by atoms with Gasteiger partial charge in [0.05, 0.1) is 31.5 Å². The van der Waals surface area contributed by atoms with Crippen molar-refractivity contribution in [3.05, 3.63) is 29.1 Å². The third-order valence-corrected chi connectivity index (χ3v) is 3.20. The maximum atomic E-state index is 11.2. The van der Waals surface area contributed by atoms with Gasteiger partial charge in [0.25, 0.3) is 0 Å². The van der Waals surface area contributed by atoms with Gasteiger partial charge in [-0.15, -0.1) is 11.3 Å². The van der Waals surface area contributed by atoms with Gasteiger partial charge < -0.3 is 14.6 Å². The SMILES string of the molecule is CCOC(=O)CCc1csc(NCc2ccno2)n1. The molecule has 2 aromatic heterocycles. The molecule has 0 bridgehead atoms. The Kier molecular flexibility index (Phi) is 4.91. The summed E-state index contributed by atoms with van der Waals surface area (Å²) in [4.78, 5) is 15.6. The Balaban J connectivity index is 1.77. The van der Waals surface area contributed by atoms with Gasteiger partial charge in [-0.25, -0.2) is 4.98 Å². The number of rotatable bonds is 7. The highest BCUT2D eigenvalue weighted by Crippen LogP contribution is 2.17. The van der Waals surface area contributed by atoms with E-state index in [4.69, 9.17) is 9.26 Å². The highest BCUT2D eigenvalue weighted by molar-refractivity contribution is 7.13. The predicted octanol–water partition coefficient (Wildman–Crippen LogP) is 2.24. The van der Waals surface area contributed by atoms with Gasteiger partial charge in [0.15, 0.2) is 10.9 Å². The first-order valence-corrected chi connectivity index (χ1v) is 6.89. The number of thiazole rings is 1. The largest absolute Gasteiger partial charge is 0.466 e. The number of nitrogens with zero attached hydrogens (tertiary/aromatic N) is 2. The van der Waals surface area contributed by atoms with Crippen molar-refractivity contribution in [3.63, 3.8) is 0 Å². The van der Waals surface area contributed by atoms with Crippen LogP contribution in [0.4, 0.5) is 5.13 Å². The lowest BCUT2D eigenvalue weighted by molar-refractivity contribution is -0.143. The van der Waals surface area contributed by atoms with E-state index in [1.165, 1.54) is 11.3 Å². The summed E-state index contributed by atoms with van der Waals surface area (Å²) >= 11 is 1.50. The summed E-state index contributed by atoms with van der Waals surface area (Å²) in [5, 5.41) is 9.49. The number of aryl methyl sites for hydroxylation is 1. The molecule has 0 spiro atoms. The van der Waals surface area contributed by atoms with Crippen LogP contribution < -0.4 is 5.32 Å². The fourth-order valence-corrected chi connectivity index (χ4v) is 2.21. The summed E-state index contributed by atoms with van der Waals surface area (Å²) in [6, 6.07) is 1.79. The highest BCUT2D eigenvalue weighted by Gasteiger charge is 2.06. The molecule has 0 unspecified atom stereocenters. The van der Waals surface area contributed by atoms with Crippen molar-refractivity contribution in [1.29, 1.82) is 0 Å². The molecule has 0 amide bonds. The summed E-state index contributed by atoms with van der Waals surface area (Å²) in [5.74, 6) is 0.565. The lowest BCUT2D eigenvalue weighted by Crippen LogP contribution is -2.05. The van der Waals surface area contributed by atoms with E-state index in [1.807, 2.05) is 5.38 Å². The first-order chi connectivity index (χ1) is 9.28. The molecule has 0 aliphatic heterocycles. The number of aromatic nitrogens is 2. The lowest BCUT2D eigenvalue weighted by Gasteiger charge is -1.99. The van der Waals surface area contributed by atoms with Gasteiger partial charge in [-0.3, -0.25) is 4.79 Å². The summed E-state index contributed by atoms with van der Waals surface area (Å²) in [6.07, 6.45) is 2.56. The fourth-order valence-electron chi connectivity index (χ4n) is 1.46. The Labute approximate surface area is 114 Å². The second-order valence-corrected chi connectivity index (χ2v) is 4.64. The van der Waals surface area contributed by atoms with Crippen LogP contribution in [0.25, 0.3) is 0 Å². The summed E-state index contributed by atoms with van der Waals surface area (Å²) < 4.78 is 9.84. The number of nitrogens with one attached hydrogen (secondary N) is 1. The van der Waals surface area contributed by atoms with E-state index >= 15 is 0 Å². The number of esters is 1. The Bertz CT molecular complexity index is 510. The maximum Gasteiger partial charge on any atom is 0.306 e. The Hall–Kier alpha value is -1.89. The zero-order valence-corrected chi connectivity index (χ0v) is 11.4. The smallest absolute Gasteiger partial charge is 0.306 e. The Morgan fingerprint density at radius 3 is 3.21 bits per heavy atom. The van der Waals surface area contributed by atoms with Gasteiger partial charge in [-0.1, -0.05) is 5.16 Å². The van der Waals surface area contributed by atoms with Crippen LogP contribution in [-0.2, 0) is 22.5 Å². The number of anilines is 1. The number of carbonyl (C=O) groups excluding carboxylic acids is 1. The molecule has 0 atom stereocenters. The van der Waals surface area contributed by atoms with E-state index in [1.54, 1.807) is 19.2 Å². The van der Waals surface area contributed by atoms with Gasteiger partial charge in [0.1, 0.15) is 0 Å². The van der Waals surface area contributed by atoms with Crippen LogP contribution >= 0.6 is 11.3 Å². The van der Waals surface area contributed by atoms with Gasteiger partial charge in [-0.05, 0) is 6.92 Å². The van der Waals surface area contributed by atoms with Crippen LogP contribution in [0.15, 0.2) is 22.2 Å². The van der Waals surface area contributed by atoms with Crippen LogP contribution in [0, 0.1) is 0 Å². The monoisotopic (exact) mass is 281 g/mol. The zero-order valence-electron chi connectivity index (χ0n) is 10.6. The molecule has 0 fully saturated rings. The molecule has 0 aliphatic carbocycles. The molecule has 0 aromatic carbocycles. The number of ether oxygens (including phenoxy) is 1. The molecule has 2 aromatic rings. The molecule has 102 valence electrons. The number of hydrogen-bond donors (Lipinski definition) is 1. The molecular weight excluding hydrogens is 266 g/mol. The molecular formula is C12H15N3O3S. The van der Waals surface area contributed by atoms with E-state index in [0.29, 0.717) is 26.0 Å². The van der Waals surface area contributed by atoms with E-state index in [0.717, 1.165) is 16.6 Å². The summed E-state index contributed by atoms with van der Waals surface area (Å²) in [6.45, 7) is 2.76. The topological polar surface area (TPSA) is 77.2 Å². The van der Waals surface area contributed by atoms with E-state index in [2.05, 4.69) is 15.5 Å². The minimum absolute atomic E-state index is 0.188. The minimum Gasteiger partial charge on any atom is -0.466 e. The molecule has 19 heavy (non-hydrogen) atoms. The van der Waals surface area contributed by atoms with Crippen molar-refractivity contribution < 1.29 is 14.1 Å². The summed E-state index contributed by atoms with van der Waals surface area (Å²) in [7, 11) is 0. The van der Waals surface area contributed by atoms with Crippen LogP contribution in [-0.4, -0.2) is 22.7 Å². The molecule has 2 heterocycles. The van der Waals surface area contributed by atoms with Crippen molar-refractivity contribution in [2.24, 2.45) is 0 Å². The van der Waals surface area contributed by atoms with Gasteiger partial charge in [-0.2, -0.15) is 0 Å². The average molecular weight is 281 g/mol. The van der Waals surface area contributed by atoms with E-state index in [-0.39, 0.29) is 5.97 Å². The number of carbonyl (C=O) groups is 1. The second-order valence-electron chi connectivity index (χ2n) is 3.78. The van der Waals surface area contributed by atoms with Gasteiger partial charge in [0, 0.05) is 17.9 Å². The minimum atomic E-state index is -0.188. The highest BCUT2D eigenvalue weighted by atomic mass is 32.1. The van der Waals surface area contributed by atoms with Crippen molar-refractivity contribution in [3.8, 4) is 0 Å². The first kappa shape index (κ1) is 13.5. The normalized spacial score (nSPS) is 10.4. The van der Waals surface area contributed by atoms with Crippen molar-refractivity contribution >= 4 is 22.4 Å². The third kappa shape index (κ3) is 4.36. The van der Waals surface area contributed by atoms with Crippen molar-refractivity contribution in [2.75, 3.05) is 11.9 Å². The van der Waals surface area contributed by atoms with Crippen molar-refractivity contribution in [2.45, 2.75) is 26.3 Å². The lowest BCUT2D eigenvalue weighted by atomic mass is 10.2. The zero-order chi connectivity index (χ0) is 13.5. The average Bonchev–Trinajstić information content (AvgIpc) is 3.06. The molecule has 0 saturated carbocycles. The Morgan fingerprint density at radius 1 is 1.58 bits per heavy atom. The van der Waals surface area contributed by atoms with Crippen LogP contribution in [0.2, 0.25) is 0 Å². The molecule has 1 N–H and O–H groups in total. The first-order valence-electron chi connectivity index (χ1n) is 6.01. The standard InChI is InChI=1S/C12H15N3O3S/c1-2-17-11(16)4-3-9-8-19-12(15-9)13-7-10-5-6-14-18-10/h5-6,8H,2-4,7H2,1H3,(H,13,15). The summed E-state index contributed by atoms with van der Waals surface area (Å²) in [5.41, 5.74) is 0.887. The molecule has 7 heteroatoms. The van der Waals surface area contributed by atoms with Crippen LogP contribution in [0.5, 0.6) is 0 Å². The van der Waals surface area contributed by atoms with E-state index in [9.17, 15) is 4.79 Å². The predicted molar refractivity (Wildman–Crippen MR) is 70.9 cm³/mol. The number of hydrogen-bond acceptors (Lipinski definition) is 7. The third-order valence-electron chi connectivity index (χ3n) is 2.35. The van der Waals surface area contributed by atoms with Crippen LogP contribution in [0.1, 0.15) is 24.8 Å². The second kappa shape index (κ2) is 6.89.